The number of hydrogen-bond donors (Lipinski definition) is 2. The molecule has 2 aromatic rings. The first kappa shape index (κ1) is 21.8. The van der Waals surface area contributed by atoms with Crippen LogP contribution in [0.1, 0.15) is 48.8 Å². The van der Waals surface area contributed by atoms with Gasteiger partial charge in [0.05, 0.1) is 19.3 Å². The number of rotatable bonds is 7. The molecule has 2 N–H and O–H groups in total. The summed E-state index contributed by atoms with van der Waals surface area (Å²) in [6.45, 7) is 1.69. The van der Waals surface area contributed by atoms with Crippen molar-refractivity contribution in [2.75, 3.05) is 0 Å². The third-order valence-corrected chi connectivity index (χ3v) is 6.12. The first-order valence-corrected chi connectivity index (χ1v) is 10.5. The van der Waals surface area contributed by atoms with E-state index in [1.54, 1.807) is 0 Å². The fourth-order valence-electron chi connectivity index (χ4n) is 4.55. The smallest absolute Gasteiger partial charge is 0.237 e. The van der Waals surface area contributed by atoms with E-state index in [4.69, 9.17) is 4.74 Å². The molecule has 1 aliphatic carbocycles. The molecule has 3 atom stereocenters. The molecule has 2 fully saturated rings. The summed E-state index contributed by atoms with van der Waals surface area (Å²) in [6.07, 6.45) is 6.07. The quantitative estimate of drug-likeness (QED) is 0.707. The minimum atomic E-state index is -0.0328. The Hall–Kier alpha value is -1.88. The number of carbonyl (C=O) groups is 1. The highest BCUT2D eigenvalue weighted by Gasteiger charge is 2.38. The molecule has 2 aliphatic rings. The van der Waals surface area contributed by atoms with Gasteiger partial charge in [-0.1, -0.05) is 67.4 Å². The normalized spacial score (nSPS) is 23.1. The predicted molar refractivity (Wildman–Crippen MR) is 118 cm³/mol. The van der Waals surface area contributed by atoms with Gasteiger partial charge in [0.2, 0.25) is 5.91 Å². The minimum absolute atomic E-state index is 0. The van der Waals surface area contributed by atoms with Gasteiger partial charge in [-0.05, 0) is 41.9 Å². The molecule has 4 rings (SSSR count). The second-order valence-electron chi connectivity index (χ2n) is 8.07. The number of benzene rings is 2. The topological polar surface area (TPSA) is 50.4 Å². The van der Waals surface area contributed by atoms with Crippen LogP contribution in [0.4, 0.5) is 0 Å². The van der Waals surface area contributed by atoms with E-state index in [1.807, 2.05) is 30.3 Å². The molecule has 29 heavy (non-hydrogen) atoms. The van der Waals surface area contributed by atoms with Crippen molar-refractivity contribution in [3.8, 4) is 0 Å². The second-order valence-corrected chi connectivity index (χ2v) is 8.07. The molecule has 1 aliphatic heterocycles. The van der Waals surface area contributed by atoms with Crippen LogP contribution in [0.25, 0.3) is 0 Å². The number of ether oxygens (including phenoxy) is 1. The number of amides is 1. The Balaban J connectivity index is 0.00000240. The molecule has 5 heteroatoms. The van der Waals surface area contributed by atoms with E-state index in [9.17, 15) is 4.79 Å². The second kappa shape index (κ2) is 10.8. The van der Waals surface area contributed by atoms with Crippen LogP contribution in [0, 0.1) is 5.92 Å². The molecular weight excluding hydrogens is 384 g/mol. The summed E-state index contributed by atoms with van der Waals surface area (Å²) in [5.74, 6) is 0.817. The van der Waals surface area contributed by atoms with Gasteiger partial charge in [-0.3, -0.25) is 4.79 Å². The van der Waals surface area contributed by atoms with E-state index in [0.29, 0.717) is 31.7 Å². The summed E-state index contributed by atoms with van der Waals surface area (Å²) < 4.78 is 5.89. The van der Waals surface area contributed by atoms with Crippen LogP contribution in [0.15, 0.2) is 54.6 Å². The van der Waals surface area contributed by atoms with Gasteiger partial charge in [0.25, 0.3) is 0 Å². The molecule has 0 aromatic heterocycles. The maximum Gasteiger partial charge on any atom is 0.237 e. The molecule has 1 amide bonds. The monoisotopic (exact) mass is 414 g/mol. The molecule has 156 valence electrons. The molecule has 0 radical (unpaired) electrons. The van der Waals surface area contributed by atoms with Gasteiger partial charge in [-0.15, -0.1) is 12.4 Å². The summed E-state index contributed by atoms with van der Waals surface area (Å²) in [7, 11) is 0. The highest BCUT2D eigenvalue weighted by Crippen LogP contribution is 2.33. The zero-order valence-corrected chi connectivity index (χ0v) is 17.6. The zero-order chi connectivity index (χ0) is 19.2. The van der Waals surface area contributed by atoms with Gasteiger partial charge in [-0.25, -0.2) is 0 Å². The lowest BCUT2D eigenvalue weighted by Crippen LogP contribution is -2.43. The standard InChI is InChI=1S/C24H30N2O2.ClH/c27-24(23-14-19-10-6-7-13-22(19)26-23)25-15-20-11-4-5-12-21(20)17-28-16-18-8-2-1-3-9-18;/h1-5,8-9,11-12,19,22-23,26H,6-7,10,13-17H2,(H,25,27);1H. The van der Waals surface area contributed by atoms with Crippen molar-refractivity contribution in [3.63, 3.8) is 0 Å². The van der Waals surface area contributed by atoms with E-state index in [0.717, 1.165) is 17.5 Å². The first-order chi connectivity index (χ1) is 13.8. The lowest BCUT2D eigenvalue weighted by molar-refractivity contribution is -0.123. The lowest BCUT2D eigenvalue weighted by atomic mass is 9.85. The lowest BCUT2D eigenvalue weighted by Gasteiger charge is -2.24. The Morgan fingerprint density at radius 3 is 2.48 bits per heavy atom. The summed E-state index contributed by atoms with van der Waals surface area (Å²) >= 11 is 0. The maximum atomic E-state index is 12.7. The first-order valence-electron chi connectivity index (χ1n) is 10.5. The molecule has 1 saturated heterocycles. The van der Waals surface area contributed by atoms with Gasteiger partial charge in [0, 0.05) is 12.6 Å². The number of hydrogen-bond acceptors (Lipinski definition) is 3. The molecule has 1 heterocycles. The van der Waals surface area contributed by atoms with Crippen LogP contribution >= 0.6 is 12.4 Å². The average molecular weight is 415 g/mol. The van der Waals surface area contributed by atoms with E-state index in [-0.39, 0.29) is 24.4 Å². The summed E-state index contributed by atoms with van der Waals surface area (Å²) in [5, 5.41) is 6.70. The molecule has 0 bridgehead atoms. The average Bonchev–Trinajstić information content (AvgIpc) is 3.18. The van der Waals surface area contributed by atoms with Crippen molar-refractivity contribution < 1.29 is 9.53 Å². The number of nitrogens with one attached hydrogen (secondary N) is 2. The predicted octanol–water partition coefficient (Wildman–Crippen LogP) is 4.36. The zero-order valence-electron chi connectivity index (χ0n) is 16.8. The highest BCUT2D eigenvalue weighted by atomic mass is 35.5. The number of fused-ring (bicyclic) bond motifs is 1. The van der Waals surface area contributed by atoms with E-state index in [2.05, 4.69) is 34.9 Å². The minimum Gasteiger partial charge on any atom is -0.372 e. The van der Waals surface area contributed by atoms with Crippen molar-refractivity contribution in [2.24, 2.45) is 5.92 Å². The van der Waals surface area contributed by atoms with Crippen molar-refractivity contribution in [3.05, 3.63) is 71.3 Å². The van der Waals surface area contributed by atoms with Crippen LogP contribution in [-0.2, 0) is 29.3 Å². The van der Waals surface area contributed by atoms with Crippen LogP contribution in [0.3, 0.4) is 0 Å². The fourth-order valence-corrected chi connectivity index (χ4v) is 4.55. The summed E-state index contributed by atoms with van der Waals surface area (Å²) in [4.78, 5) is 12.7. The van der Waals surface area contributed by atoms with Crippen molar-refractivity contribution >= 4 is 18.3 Å². The molecule has 0 spiro atoms. The molecule has 1 saturated carbocycles. The third-order valence-electron chi connectivity index (χ3n) is 6.12. The molecule has 3 unspecified atom stereocenters. The largest absolute Gasteiger partial charge is 0.372 e. The van der Waals surface area contributed by atoms with Gasteiger partial charge in [-0.2, -0.15) is 0 Å². The van der Waals surface area contributed by atoms with Crippen molar-refractivity contribution in [2.45, 2.75) is 63.9 Å². The number of carbonyl (C=O) groups excluding carboxylic acids is 1. The van der Waals surface area contributed by atoms with E-state index < -0.39 is 0 Å². The van der Waals surface area contributed by atoms with Crippen LogP contribution in [-0.4, -0.2) is 18.0 Å². The van der Waals surface area contributed by atoms with E-state index in [1.165, 1.54) is 31.2 Å². The highest BCUT2D eigenvalue weighted by molar-refractivity contribution is 5.85. The SMILES string of the molecule is Cl.O=C(NCc1ccccc1COCc1ccccc1)C1CC2CCCCC2N1. The van der Waals surface area contributed by atoms with Gasteiger partial charge in [0.1, 0.15) is 0 Å². The van der Waals surface area contributed by atoms with Gasteiger partial charge in [0.15, 0.2) is 0 Å². The fraction of sp³-hybridized carbons (Fsp3) is 0.458. The number of halogens is 1. The Labute approximate surface area is 179 Å². The van der Waals surface area contributed by atoms with Crippen molar-refractivity contribution in [1.82, 2.24) is 10.6 Å². The Morgan fingerprint density at radius 2 is 1.69 bits per heavy atom. The van der Waals surface area contributed by atoms with Crippen LogP contribution in [0.5, 0.6) is 0 Å². The Bertz CT molecular complexity index is 769. The Kier molecular flexibility index (Phi) is 8.10. The van der Waals surface area contributed by atoms with Crippen LogP contribution < -0.4 is 10.6 Å². The van der Waals surface area contributed by atoms with Crippen LogP contribution in [0.2, 0.25) is 0 Å². The molecule has 4 nitrogen and oxygen atoms in total. The Morgan fingerprint density at radius 1 is 0.966 bits per heavy atom. The van der Waals surface area contributed by atoms with Gasteiger partial charge >= 0.3 is 0 Å². The summed E-state index contributed by atoms with van der Waals surface area (Å²) in [6, 6.07) is 18.9. The molecular formula is C24H31ClN2O2. The van der Waals surface area contributed by atoms with E-state index >= 15 is 0 Å². The van der Waals surface area contributed by atoms with Gasteiger partial charge < -0.3 is 15.4 Å². The van der Waals surface area contributed by atoms with Crippen molar-refractivity contribution in [1.29, 1.82) is 0 Å². The third kappa shape index (κ3) is 5.81. The maximum absolute atomic E-state index is 12.7. The molecule has 2 aromatic carbocycles. The summed E-state index contributed by atoms with van der Waals surface area (Å²) in [5.41, 5.74) is 3.42.